The normalized spacial score (nSPS) is 7.00. The second-order valence-corrected chi connectivity index (χ2v) is 0.876. The molecule has 0 aromatic rings. The molecule has 0 saturated carbocycles. The fourth-order valence-corrected chi connectivity index (χ4v) is 0.185. The Hall–Kier alpha value is -1.24. The minimum Gasteiger partial charge on any atom is -0.434 e. The molecular formula is C4H5NO3. The third-order valence-corrected chi connectivity index (χ3v) is 0.391. The summed E-state index contributed by atoms with van der Waals surface area (Å²) in [6.45, 7) is 1.85. The van der Waals surface area contributed by atoms with Crippen molar-refractivity contribution in [1.29, 1.82) is 5.26 Å². The zero-order valence-corrected chi connectivity index (χ0v) is 4.38. The third kappa shape index (κ3) is 2.97. The number of nitriles is 1. The van der Waals surface area contributed by atoms with Gasteiger partial charge in [0.1, 0.15) is 0 Å². The molecule has 0 N–H and O–H groups in total. The van der Waals surface area contributed by atoms with E-state index in [1.165, 1.54) is 6.26 Å². The lowest BCUT2D eigenvalue weighted by Crippen LogP contribution is -2.02. The maximum Gasteiger partial charge on any atom is 0.524 e. The first-order valence-corrected chi connectivity index (χ1v) is 2.04. The Morgan fingerprint density at radius 1 is 1.88 bits per heavy atom. The predicted molar refractivity (Wildman–Crippen MR) is 23.7 cm³/mol. The average Bonchev–Trinajstić information content (AvgIpc) is 1.68. The molecule has 0 aliphatic rings. The fourth-order valence-electron chi connectivity index (χ4n) is 0.185. The van der Waals surface area contributed by atoms with E-state index in [9.17, 15) is 4.79 Å². The molecule has 0 aromatic carbocycles. The highest BCUT2D eigenvalue weighted by molar-refractivity contribution is 5.60. The molecule has 0 unspecified atom stereocenters. The Balaban J connectivity index is 3.23. The predicted octanol–water partition coefficient (Wildman–Crippen LogP) is 0.641. The van der Waals surface area contributed by atoms with Crippen LogP contribution in [0, 0.1) is 11.5 Å². The van der Waals surface area contributed by atoms with Crippen LogP contribution in [0.25, 0.3) is 0 Å². The van der Waals surface area contributed by atoms with Gasteiger partial charge in [-0.25, -0.2) is 4.79 Å². The van der Waals surface area contributed by atoms with Crippen LogP contribution in [0.2, 0.25) is 0 Å². The monoisotopic (exact) mass is 115 g/mol. The first kappa shape index (κ1) is 6.76. The number of carbonyl (C=O) groups is 1. The molecule has 44 valence electrons. The molecule has 0 aliphatic carbocycles. The highest BCUT2D eigenvalue weighted by atomic mass is 16.7. The van der Waals surface area contributed by atoms with E-state index in [1.54, 1.807) is 6.92 Å². The van der Waals surface area contributed by atoms with E-state index >= 15 is 0 Å². The lowest BCUT2D eigenvalue weighted by Gasteiger charge is -1.91. The number of rotatable bonds is 1. The van der Waals surface area contributed by atoms with E-state index in [2.05, 4.69) is 9.47 Å². The Morgan fingerprint density at radius 2 is 2.50 bits per heavy atom. The zero-order chi connectivity index (χ0) is 6.41. The number of hydrogen-bond acceptors (Lipinski definition) is 4. The lowest BCUT2D eigenvalue weighted by molar-refractivity contribution is 0.0939. The van der Waals surface area contributed by atoms with Crippen LogP contribution in [0.1, 0.15) is 6.92 Å². The Labute approximate surface area is 46.6 Å². The van der Waals surface area contributed by atoms with Crippen molar-refractivity contribution in [3.8, 4) is 6.26 Å². The smallest absolute Gasteiger partial charge is 0.434 e. The van der Waals surface area contributed by atoms with E-state index in [4.69, 9.17) is 5.26 Å². The van der Waals surface area contributed by atoms with Crippen LogP contribution < -0.4 is 0 Å². The summed E-state index contributed by atoms with van der Waals surface area (Å²) >= 11 is 0. The van der Waals surface area contributed by atoms with E-state index in [-0.39, 0.29) is 6.61 Å². The van der Waals surface area contributed by atoms with Crippen LogP contribution in [0.15, 0.2) is 0 Å². The van der Waals surface area contributed by atoms with Gasteiger partial charge in [0.05, 0.1) is 6.61 Å². The molecule has 8 heavy (non-hydrogen) atoms. The van der Waals surface area contributed by atoms with Crippen LogP contribution in [0.3, 0.4) is 0 Å². The van der Waals surface area contributed by atoms with E-state index in [0.717, 1.165) is 0 Å². The molecule has 0 spiro atoms. The summed E-state index contributed by atoms with van der Waals surface area (Å²) in [6.07, 6.45) is 0.229. The Morgan fingerprint density at radius 3 is 2.88 bits per heavy atom. The number of ether oxygens (including phenoxy) is 2. The van der Waals surface area contributed by atoms with Gasteiger partial charge in [-0.2, -0.15) is 0 Å². The molecule has 0 bridgehead atoms. The number of carbonyl (C=O) groups excluding carboxylic acids is 1. The van der Waals surface area contributed by atoms with Crippen LogP contribution in [-0.4, -0.2) is 12.8 Å². The van der Waals surface area contributed by atoms with Gasteiger partial charge in [0.25, 0.3) is 6.26 Å². The molecule has 0 aromatic heterocycles. The molecule has 0 rings (SSSR count). The lowest BCUT2D eigenvalue weighted by atomic mass is 10.9. The summed E-state index contributed by atoms with van der Waals surface area (Å²) in [4.78, 5) is 9.98. The van der Waals surface area contributed by atoms with E-state index in [0.29, 0.717) is 0 Å². The van der Waals surface area contributed by atoms with Crippen LogP contribution >= 0.6 is 0 Å². The Bertz CT molecular complexity index is 115. The highest BCUT2D eigenvalue weighted by Crippen LogP contribution is 1.80. The summed E-state index contributed by atoms with van der Waals surface area (Å²) < 4.78 is 7.93. The van der Waals surface area contributed by atoms with Gasteiger partial charge in [-0.05, 0) is 6.92 Å². The standard InChI is InChI=1S/C4H5NO3/c1-2-7-4(6)8-3-5/h2H2,1H3. The van der Waals surface area contributed by atoms with Crippen molar-refractivity contribution in [2.24, 2.45) is 0 Å². The first-order chi connectivity index (χ1) is 3.81. The molecular weight excluding hydrogens is 110 g/mol. The second-order valence-electron chi connectivity index (χ2n) is 0.876. The van der Waals surface area contributed by atoms with Gasteiger partial charge >= 0.3 is 6.16 Å². The summed E-state index contributed by atoms with van der Waals surface area (Å²) in [5.41, 5.74) is 0. The highest BCUT2D eigenvalue weighted by Gasteiger charge is 1.97. The summed E-state index contributed by atoms with van der Waals surface area (Å²) in [5.74, 6) is 0. The van der Waals surface area contributed by atoms with Crippen molar-refractivity contribution in [3.05, 3.63) is 0 Å². The molecule has 0 amide bonds. The molecule has 0 heterocycles. The second kappa shape index (κ2) is 3.93. The van der Waals surface area contributed by atoms with Crippen LogP contribution in [0.5, 0.6) is 0 Å². The number of hydrogen-bond donors (Lipinski definition) is 0. The molecule has 0 fully saturated rings. The summed E-state index contributed by atoms with van der Waals surface area (Å²) in [7, 11) is 0. The molecule has 4 heteroatoms. The summed E-state index contributed by atoms with van der Waals surface area (Å²) in [6, 6.07) is 0. The quantitative estimate of drug-likeness (QED) is 0.371. The fraction of sp³-hybridized carbons (Fsp3) is 0.500. The molecule has 0 aliphatic heterocycles. The van der Waals surface area contributed by atoms with Gasteiger partial charge in [-0.15, -0.1) is 5.26 Å². The summed E-state index contributed by atoms with van der Waals surface area (Å²) in [5, 5.41) is 7.69. The van der Waals surface area contributed by atoms with Crippen molar-refractivity contribution < 1.29 is 14.3 Å². The average molecular weight is 115 g/mol. The van der Waals surface area contributed by atoms with Crippen LogP contribution in [0.4, 0.5) is 4.79 Å². The molecule has 0 atom stereocenters. The van der Waals surface area contributed by atoms with Gasteiger partial charge in [0.15, 0.2) is 0 Å². The number of nitrogens with zero attached hydrogens (tertiary/aromatic N) is 1. The first-order valence-electron chi connectivity index (χ1n) is 2.04. The maximum absolute atomic E-state index is 9.98. The third-order valence-electron chi connectivity index (χ3n) is 0.391. The van der Waals surface area contributed by atoms with E-state index in [1.807, 2.05) is 0 Å². The minimum atomic E-state index is -0.949. The zero-order valence-electron chi connectivity index (χ0n) is 4.38. The Kier molecular flexibility index (Phi) is 3.32. The van der Waals surface area contributed by atoms with Crippen molar-refractivity contribution in [2.75, 3.05) is 6.61 Å². The van der Waals surface area contributed by atoms with Crippen molar-refractivity contribution in [3.63, 3.8) is 0 Å². The van der Waals surface area contributed by atoms with Crippen LogP contribution in [-0.2, 0) is 9.47 Å². The molecule has 4 nitrogen and oxygen atoms in total. The SMILES string of the molecule is CCOC(=O)OC#N. The van der Waals surface area contributed by atoms with E-state index < -0.39 is 6.16 Å². The largest absolute Gasteiger partial charge is 0.524 e. The van der Waals surface area contributed by atoms with Gasteiger partial charge in [0.2, 0.25) is 0 Å². The van der Waals surface area contributed by atoms with Gasteiger partial charge in [0, 0.05) is 0 Å². The van der Waals surface area contributed by atoms with Crippen molar-refractivity contribution in [1.82, 2.24) is 0 Å². The van der Waals surface area contributed by atoms with Crippen molar-refractivity contribution in [2.45, 2.75) is 6.92 Å². The van der Waals surface area contributed by atoms with Gasteiger partial charge < -0.3 is 9.47 Å². The van der Waals surface area contributed by atoms with Crippen molar-refractivity contribution >= 4 is 6.16 Å². The van der Waals surface area contributed by atoms with Gasteiger partial charge in [-0.3, -0.25) is 0 Å². The maximum atomic E-state index is 9.98. The topological polar surface area (TPSA) is 59.3 Å². The van der Waals surface area contributed by atoms with Gasteiger partial charge in [-0.1, -0.05) is 0 Å². The molecule has 0 saturated heterocycles. The minimum absolute atomic E-state index is 0.223. The molecule has 0 radical (unpaired) electrons.